The average molecular weight is 398 g/mol. The van der Waals surface area contributed by atoms with Crippen molar-refractivity contribution < 1.29 is 23.8 Å². The molecule has 0 fully saturated rings. The number of rotatable bonds is 3. The lowest BCUT2D eigenvalue weighted by Crippen LogP contribution is -2.37. The second-order valence-electron chi connectivity index (χ2n) is 6.28. The van der Waals surface area contributed by atoms with Gasteiger partial charge in [-0.1, -0.05) is 35.6 Å². The third-order valence-electron chi connectivity index (χ3n) is 4.41. The van der Waals surface area contributed by atoms with Gasteiger partial charge in [-0.3, -0.25) is 9.59 Å². The molecule has 1 aliphatic heterocycles. The molecule has 1 atom stereocenters. The molecule has 1 aromatic heterocycles. The number of thiazole rings is 1. The first-order chi connectivity index (χ1) is 13.6. The van der Waals surface area contributed by atoms with Crippen LogP contribution in [0.4, 0.5) is 0 Å². The van der Waals surface area contributed by atoms with Crippen LogP contribution in [0.5, 0.6) is 11.5 Å². The van der Waals surface area contributed by atoms with Gasteiger partial charge in [-0.05, 0) is 30.7 Å². The molecule has 7 nitrogen and oxygen atoms in total. The van der Waals surface area contributed by atoms with Gasteiger partial charge in [-0.2, -0.15) is 4.99 Å². The first kappa shape index (κ1) is 18.2. The summed E-state index contributed by atoms with van der Waals surface area (Å²) in [6.45, 7) is 2.00. The van der Waals surface area contributed by atoms with Gasteiger partial charge in [0, 0.05) is 0 Å². The maximum absolute atomic E-state index is 12.8. The lowest BCUT2D eigenvalue weighted by molar-refractivity contribution is -0.141. The zero-order chi connectivity index (χ0) is 19.7. The largest absolute Gasteiger partial charge is 0.485 e. The smallest absolute Gasteiger partial charge is 0.325 e. The molecular formula is C20H18N2O5S. The van der Waals surface area contributed by atoms with Gasteiger partial charge in [0.05, 0.1) is 17.3 Å². The van der Waals surface area contributed by atoms with Gasteiger partial charge < -0.3 is 18.8 Å². The Balaban J connectivity index is 1.73. The minimum Gasteiger partial charge on any atom is -0.485 e. The lowest BCUT2D eigenvalue weighted by atomic mass is 10.2. The summed E-state index contributed by atoms with van der Waals surface area (Å²) in [7, 11) is 1.33. The summed E-state index contributed by atoms with van der Waals surface area (Å²) in [5.41, 5.74) is 1.84. The molecular weight excluding hydrogens is 380 g/mol. The molecule has 0 saturated heterocycles. The summed E-state index contributed by atoms with van der Waals surface area (Å²) in [6.07, 6.45) is -0.840. The fourth-order valence-electron chi connectivity index (χ4n) is 3.04. The standard InChI is InChI=1S/C20H18N2O5S/c1-12-6-5-9-16-18(12)22(10-17(23)25-2)20(28-16)21-19(24)15-11-26-13-7-3-4-8-14(13)27-15/h3-9,15H,10-11H2,1-2H3/t15-/m0/s1. The van der Waals surface area contributed by atoms with Gasteiger partial charge in [0.1, 0.15) is 13.2 Å². The molecule has 0 saturated carbocycles. The Morgan fingerprint density at radius 3 is 2.79 bits per heavy atom. The first-order valence-corrected chi connectivity index (χ1v) is 9.51. The molecule has 0 unspecified atom stereocenters. The Hall–Kier alpha value is -3.13. The van der Waals surface area contributed by atoms with Gasteiger partial charge in [-0.15, -0.1) is 0 Å². The van der Waals surface area contributed by atoms with Crippen LogP contribution in [0.3, 0.4) is 0 Å². The summed E-state index contributed by atoms with van der Waals surface area (Å²) in [6, 6.07) is 13.0. The third kappa shape index (κ3) is 3.38. The predicted octanol–water partition coefficient (Wildman–Crippen LogP) is 2.45. The molecule has 1 amide bonds. The summed E-state index contributed by atoms with van der Waals surface area (Å²) in [5.74, 6) is 0.238. The first-order valence-electron chi connectivity index (χ1n) is 8.69. The Bertz CT molecular complexity index is 1130. The van der Waals surface area contributed by atoms with E-state index in [1.54, 1.807) is 16.7 Å². The summed E-state index contributed by atoms with van der Waals surface area (Å²) in [5, 5.41) is 0. The third-order valence-corrected chi connectivity index (χ3v) is 5.45. The van der Waals surface area contributed by atoms with E-state index in [1.165, 1.54) is 18.4 Å². The Labute approximate surface area is 164 Å². The maximum atomic E-state index is 12.8. The van der Waals surface area contributed by atoms with Crippen LogP contribution >= 0.6 is 11.3 Å². The van der Waals surface area contributed by atoms with Crippen molar-refractivity contribution in [1.29, 1.82) is 0 Å². The number of benzene rings is 2. The topological polar surface area (TPSA) is 79.1 Å². The quantitative estimate of drug-likeness (QED) is 0.633. The van der Waals surface area contributed by atoms with Crippen molar-refractivity contribution in [2.45, 2.75) is 19.6 Å². The highest BCUT2D eigenvalue weighted by Crippen LogP contribution is 2.31. The number of nitrogens with zero attached hydrogens (tertiary/aromatic N) is 2. The summed E-state index contributed by atoms with van der Waals surface area (Å²) >= 11 is 1.34. The number of aryl methyl sites for hydroxylation is 1. The molecule has 0 spiro atoms. The maximum Gasteiger partial charge on any atom is 0.325 e. The predicted molar refractivity (Wildman–Crippen MR) is 103 cm³/mol. The number of aromatic nitrogens is 1. The molecule has 0 radical (unpaired) electrons. The zero-order valence-corrected chi connectivity index (χ0v) is 16.2. The Kier molecular flexibility index (Phi) is 4.87. The van der Waals surface area contributed by atoms with Crippen molar-refractivity contribution in [3.05, 3.63) is 52.8 Å². The van der Waals surface area contributed by atoms with E-state index in [4.69, 9.17) is 14.2 Å². The lowest BCUT2D eigenvalue weighted by Gasteiger charge is -2.23. The number of esters is 1. The highest BCUT2D eigenvalue weighted by molar-refractivity contribution is 7.16. The highest BCUT2D eigenvalue weighted by atomic mass is 32.1. The molecule has 8 heteroatoms. The van der Waals surface area contributed by atoms with Crippen LogP contribution in [0, 0.1) is 6.92 Å². The monoisotopic (exact) mass is 398 g/mol. The number of carbonyl (C=O) groups excluding carboxylic acids is 2. The molecule has 0 bridgehead atoms. The van der Waals surface area contributed by atoms with Crippen molar-refractivity contribution in [2.75, 3.05) is 13.7 Å². The van der Waals surface area contributed by atoms with Gasteiger partial charge in [0.2, 0.25) is 6.10 Å². The second-order valence-corrected chi connectivity index (χ2v) is 7.29. The van der Waals surface area contributed by atoms with E-state index in [2.05, 4.69) is 4.99 Å². The highest BCUT2D eigenvalue weighted by Gasteiger charge is 2.27. The van der Waals surface area contributed by atoms with Crippen LogP contribution in [0.25, 0.3) is 10.2 Å². The number of carbonyl (C=O) groups is 2. The minimum absolute atomic E-state index is 0.0294. The van der Waals surface area contributed by atoms with Crippen LogP contribution in [0.15, 0.2) is 47.5 Å². The van der Waals surface area contributed by atoms with Gasteiger partial charge in [0.15, 0.2) is 16.3 Å². The number of para-hydroxylation sites is 3. The van der Waals surface area contributed by atoms with E-state index >= 15 is 0 Å². The van der Waals surface area contributed by atoms with Crippen LogP contribution in [0.2, 0.25) is 0 Å². The van der Waals surface area contributed by atoms with E-state index in [9.17, 15) is 9.59 Å². The second kappa shape index (κ2) is 7.47. The van der Waals surface area contributed by atoms with Crippen molar-refractivity contribution in [3.63, 3.8) is 0 Å². The van der Waals surface area contributed by atoms with E-state index in [0.29, 0.717) is 16.3 Å². The van der Waals surface area contributed by atoms with Crippen LogP contribution in [-0.2, 0) is 20.9 Å². The molecule has 3 aromatic rings. The van der Waals surface area contributed by atoms with E-state index in [1.807, 2.05) is 37.3 Å². The van der Waals surface area contributed by atoms with E-state index in [-0.39, 0.29) is 13.2 Å². The molecule has 2 heterocycles. The van der Waals surface area contributed by atoms with Gasteiger partial charge in [-0.25, -0.2) is 0 Å². The van der Waals surface area contributed by atoms with Crippen molar-refractivity contribution >= 4 is 33.4 Å². The summed E-state index contributed by atoms with van der Waals surface area (Å²) in [4.78, 5) is 29.3. The Morgan fingerprint density at radius 2 is 2.00 bits per heavy atom. The SMILES string of the molecule is COC(=O)Cn1c(=NC(=O)[C@@H]2COc3ccccc3O2)sc2cccc(C)c21. The molecule has 0 N–H and O–H groups in total. The molecule has 28 heavy (non-hydrogen) atoms. The number of methoxy groups -OCH3 is 1. The number of fused-ring (bicyclic) bond motifs is 2. The van der Waals surface area contributed by atoms with Crippen LogP contribution in [0.1, 0.15) is 5.56 Å². The van der Waals surface area contributed by atoms with Gasteiger partial charge in [0.25, 0.3) is 5.91 Å². The Morgan fingerprint density at radius 1 is 1.21 bits per heavy atom. The number of hydrogen-bond donors (Lipinski definition) is 0. The number of hydrogen-bond acceptors (Lipinski definition) is 6. The molecule has 2 aromatic carbocycles. The molecule has 4 rings (SSSR count). The van der Waals surface area contributed by atoms with Crippen molar-refractivity contribution in [3.8, 4) is 11.5 Å². The fourth-order valence-corrected chi connectivity index (χ4v) is 4.15. The van der Waals surface area contributed by atoms with E-state index in [0.717, 1.165) is 15.8 Å². The minimum atomic E-state index is -0.840. The summed E-state index contributed by atoms with van der Waals surface area (Å²) < 4.78 is 18.8. The zero-order valence-electron chi connectivity index (χ0n) is 15.4. The fraction of sp³-hybridized carbons (Fsp3) is 0.250. The van der Waals surface area contributed by atoms with Crippen molar-refractivity contribution in [1.82, 2.24) is 4.57 Å². The van der Waals surface area contributed by atoms with Gasteiger partial charge >= 0.3 is 5.97 Å². The van der Waals surface area contributed by atoms with Crippen LogP contribution in [-0.4, -0.2) is 36.3 Å². The normalized spacial score (nSPS) is 16.2. The molecule has 0 aliphatic carbocycles. The molecule has 144 valence electrons. The number of ether oxygens (including phenoxy) is 3. The molecule has 1 aliphatic rings. The van der Waals surface area contributed by atoms with Crippen LogP contribution < -0.4 is 14.3 Å². The number of amides is 1. The van der Waals surface area contributed by atoms with E-state index < -0.39 is 18.0 Å². The average Bonchev–Trinajstić information content (AvgIpc) is 3.05. The van der Waals surface area contributed by atoms with Crippen molar-refractivity contribution in [2.24, 2.45) is 4.99 Å².